The molecule has 0 unspecified atom stereocenters. The second kappa shape index (κ2) is 5.60. The summed E-state index contributed by atoms with van der Waals surface area (Å²) in [5.41, 5.74) is 2.70. The van der Waals surface area contributed by atoms with Crippen molar-refractivity contribution in [2.75, 3.05) is 14.2 Å². The molecule has 0 aliphatic heterocycles. The summed E-state index contributed by atoms with van der Waals surface area (Å²) in [6.45, 7) is 0.673. The largest absolute Gasteiger partial charge is 0.495 e. The van der Waals surface area contributed by atoms with Crippen molar-refractivity contribution in [2.45, 2.75) is 6.54 Å². The molecule has 18 heavy (non-hydrogen) atoms. The van der Waals surface area contributed by atoms with E-state index in [-0.39, 0.29) is 5.82 Å². The maximum Gasteiger partial charge on any atom is 0.137 e. The first kappa shape index (κ1) is 12.5. The Morgan fingerprint density at radius 2 is 2.11 bits per heavy atom. The zero-order valence-electron chi connectivity index (χ0n) is 10.4. The first-order valence-corrected chi connectivity index (χ1v) is 5.67. The molecule has 0 aliphatic rings. The maximum absolute atomic E-state index is 13.4. The van der Waals surface area contributed by atoms with Crippen LogP contribution in [0.2, 0.25) is 0 Å². The van der Waals surface area contributed by atoms with Gasteiger partial charge in [-0.3, -0.25) is 4.98 Å². The van der Waals surface area contributed by atoms with Gasteiger partial charge in [0.25, 0.3) is 0 Å². The fourth-order valence-electron chi connectivity index (χ4n) is 1.84. The van der Waals surface area contributed by atoms with Gasteiger partial charge in [0.05, 0.1) is 13.3 Å². The number of benzene rings is 1. The highest BCUT2D eigenvalue weighted by atomic mass is 19.1. The lowest BCUT2D eigenvalue weighted by Gasteiger charge is -2.10. The number of aromatic nitrogens is 1. The summed E-state index contributed by atoms with van der Waals surface area (Å²) in [6.07, 6.45) is 3.33. The number of nitrogens with zero attached hydrogens (tertiary/aromatic N) is 1. The first-order chi connectivity index (χ1) is 8.74. The topological polar surface area (TPSA) is 34.2 Å². The van der Waals surface area contributed by atoms with Crippen molar-refractivity contribution >= 4 is 0 Å². The molecule has 94 valence electrons. The van der Waals surface area contributed by atoms with Gasteiger partial charge >= 0.3 is 0 Å². The minimum absolute atomic E-state index is 0.257. The molecule has 1 N–H and O–H groups in total. The van der Waals surface area contributed by atoms with Crippen molar-refractivity contribution < 1.29 is 9.13 Å². The molecule has 1 heterocycles. The molecule has 0 saturated carbocycles. The van der Waals surface area contributed by atoms with E-state index in [9.17, 15) is 4.39 Å². The van der Waals surface area contributed by atoms with E-state index in [2.05, 4.69) is 10.3 Å². The van der Waals surface area contributed by atoms with Crippen LogP contribution in [0.3, 0.4) is 0 Å². The molecule has 1 aromatic carbocycles. The lowest BCUT2D eigenvalue weighted by Crippen LogP contribution is -2.06. The van der Waals surface area contributed by atoms with E-state index in [1.807, 2.05) is 13.1 Å². The number of pyridine rings is 1. The molecular weight excluding hydrogens is 231 g/mol. The summed E-state index contributed by atoms with van der Waals surface area (Å²) < 4.78 is 18.5. The van der Waals surface area contributed by atoms with Crippen LogP contribution in [0.5, 0.6) is 5.75 Å². The van der Waals surface area contributed by atoms with Crippen LogP contribution in [0.25, 0.3) is 11.1 Å². The molecule has 0 spiro atoms. The van der Waals surface area contributed by atoms with Crippen LogP contribution < -0.4 is 10.1 Å². The lowest BCUT2D eigenvalue weighted by molar-refractivity contribution is 0.413. The summed E-state index contributed by atoms with van der Waals surface area (Å²) in [6, 6.07) is 6.61. The molecule has 4 heteroatoms. The van der Waals surface area contributed by atoms with Crippen LogP contribution in [0.1, 0.15) is 5.56 Å². The van der Waals surface area contributed by atoms with Crippen molar-refractivity contribution in [3.05, 3.63) is 48.0 Å². The van der Waals surface area contributed by atoms with Crippen molar-refractivity contribution in [1.29, 1.82) is 0 Å². The molecule has 0 bridgehead atoms. The van der Waals surface area contributed by atoms with Gasteiger partial charge < -0.3 is 10.1 Å². The van der Waals surface area contributed by atoms with Gasteiger partial charge in [0.2, 0.25) is 0 Å². The van der Waals surface area contributed by atoms with Gasteiger partial charge in [-0.2, -0.15) is 0 Å². The van der Waals surface area contributed by atoms with Gasteiger partial charge in [-0.05, 0) is 36.4 Å². The van der Waals surface area contributed by atoms with Crippen LogP contribution in [0, 0.1) is 5.82 Å². The van der Waals surface area contributed by atoms with E-state index >= 15 is 0 Å². The van der Waals surface area contributed by atoms with Gasteiger partial charge in [0.15, 0.2) is 0 Å². The van der Waals surface area contributed by atoms with E-state index in [1.54, 1.807) is 25.6 Å². The van der Waals surface area contributed by atoms with Crippen LogP contribution >= 0.6 is 0 Å². The molecule has 0 amide bonds. The molecule has 1 aromatic heterocycles. The van der Waals surface area contributed by atoms with Crippen LogP contribution in [0.15, 0.2) is 36.7 Å². The minimum atomic E-state index is -0.257. The van der Waals surface area contributed by atoms with Crippen molar-refractivity contribution in [1.82, 2.24) is 10.3 Å². The molecule has 0 saturated heterocycles. The number of ether oxygens (including phenoxy) is 1. The molecule has 0 fully saturated rings. The zero-order chi connectivity index (χ0) is 13.0. The smallest absolute Gasteiger partial charge is 0.137 e. The Morgan fingerprint density at radius 3 is 2.83 bits per heavy atom. The first-order valence-electron chi connectivity index (χ1n) is 5.67. The monoisotopic (exact) mass is 246 g/mol. The van der Waals surface area contributed by atoms with E-state index in [0.717, 1.165) is 16.7 Å². The third kappa shape index (κ3) is 2.65. The van der Waals surface area contributed by atoms with Crippen LogP contribution in [-0.4, -0.2) is 19.1 Å². The van der Waals surface area contributed by atoms with E-state index in [1.165, 1.54) is 12.1 Å². The molecule has 2 rings (SSSR count). The molecule has 2 aromatic rings. The fraction of sp³-hybridized carbons (Fsp3) is 0.214. The minimum Gasteiger partial charge on any atom is -0.495 e. The predicted octanol–water partition coefficient (Wildman–Crippen LogP) is 2.62. The summed E-state index contributed by atoms with van der Waals surface area (Å²) in [7, 11) is 3.44. The molecule has 0 atom stereocenters. The van der Waals surface area contributed by atoms with Gasteiger partial charge in [-0.15, -0.1) is 0 Å². The average Bonchev–Trinajstić information content (AvgIpc) is 2.41. The predicted molar refractivity (Wildman–Crippen MR) is 68.9 cm³/mol. The Balaban J connectivity index is 2.50. The second-order valence-electron chi connectivity index (χ2n) is 3.95. The highest BCUT2D eigenvalue weighted by Crippen LogP contribution is 2.26. The highest BCUT2D eigenvalue weighted by molar-refractivity contribution is 5.67. The zero-order valence-corrected chi connectivity index (χ0v) is 10.4. The van der Waals surface area contributed by atoms with Crippen molar-refractivity contribution in [2.24, 2.45) is 0 Å². The summed E-state index contributed by atoms with van der Waals surface area (Å²) >= 11 is 0. The van der Waals surface area contributed by atoms with Gasteiger partial charge in [0, 0.05) is 18.3 Å². The van der Waals surface area contributed by atoms with Crippen LogP contribution in [-0.2, 0) is 6.54 Å². The summed E-state index contributed by atoms with van der Waals surface area (Å²) in [5, 5.41) is 3.07. The lowest BCUT2D eigenvalue weighted by atomic mass is 10.0. The average molecular weight is 246 g/mol. The third-order valence-corrected chi connectivity index (χ3v) is 2.70. The standard InChI is InChI=1S/C14H15FN2O/c1-16-7-10-3-4-12(15)6-14(10)11-5-13(18-2)9-17-8-11/h3-6,8-9,16H,7H2,1-2H3. The van der Waals surface area contributed by atoms with Gasteiger partial charge in [0.1, 0.15) is 11.6 Å². The number of methoxy groups -OCH3 is 1. The molecule has 0 aliphatic carbocycles. The Kier molecular flexibility index (Phi) is 3.89. The number of hydrogen-bond acceptors (Lipinski definition) is 3. The molecule has 0 radical (unpaired) electrons. The fourth-order valence-corrected chi connectivity index (χ4v) is 1.84. The summed E-state index contributed by atoms with van der Waals surface area (Å²) in [5.74, 6) is 0.403. The SMILES string of the molecule is CNCc1ccc(F)cc1-c1cncc(OC)c1. The van der Waals surface area contributed by atoms with E-state index in [0.29, 0.717) is 12.3 Å². The van der Waals surface area contributed by atoms with E-state index < -0.39 is 0 Å². The van der Waals surface area contributed by atoms with Crippen molar-refractivity contribution in [3.63, 3.8) is 0 Å². The van der Waals surface area contributed by atoms with Crippen LogP contribution in [0.4, 0.5) is 4.39 Å². The number of hydrogen-bond donors (Lipinski definition) is 1. The number of rotatable bonds is 4. The summed E-state index contributed by atoms with van der Waals surface area (Å²) in [4.78, 5) is 4.09. The molecule has 3 nitrogen and oxygen atoms in total. The Bertz CT molecular complexity index is 543. The Morgan fingerprint density at radius 1 is 1.28 bits per heavy atom. The second-order valence-corrected chi connectivity index (χ2v) is 3.95. The highest BCUT2D eigenvalue weighted by Gasteiger charge is 2.07. The van der Waals surface area contributed by atoms with Crippen molar-refractivity contribution in [3.8, 4) is 16.9 Å². The Hall–Kier alpha value is -1.94. The van der Waals surface area contributed by atoms with Gasteiger partial charge in [-0.25, -0.2) is 4.39 Å². The normalized spacial score (nSPS) is 10.4. The Labute approximate surface area is 106 Å². The van der Waals surface area contributed by atoms with E-state index in [4.69, 9.17) is 4.74 Å². The third-order valence-electron chi connectivity index (χ3n) is 2.70. The number of nitrogens with one attached hydrogen (secondary N) is 1. The quantitative estimate of drug-likeness (QED) is 0.900. The maximum atomic E-state index is 13.4. The van der Waals surface area contributed by atoms with Gasteiger partial charge in [-0.1, -0.05) is 6.07 Å². The number of halogens is 1. The molecular formula is C14H15FN2O.